The fraction of sp³-hybridized carbons (Fsp3) is 0.500. The summed E-state index contributed by atoms with van der Waals surface area (Å²) in [6, 6.07) is 0. The number of nitrogens with zero attached hydrogens (tertiary/aromatic N) is 2. The third-order valence-corrected chi connectivity index (χ3v) is 1.57. The van der Waals surface area contributed by atoms with Crippen LogP contribution in [0.3, 0.4) is 0 Å². The van der Waals surface area contributed by atoms with Gasteiger partial charge in [-0.05, 0) is 10.7 Å². The molecule has 6 heteroatoms. The van der Waals surface area contributed by atoms with Crippen LogP contribution in [0.4, 0.5) is 5.95 Å². The van der Waals surface area contributed by atoms with Crippen LogP contribution in [-0.2, 0) is 0 Å². The van der Waals surface area contributed by atoms with Gasteiger partial charge in [0.15, 0.2) is 0 Å². The Morgan fingerprint density at radius 1 is 1.42 bits per heavy atom. The molecule has 0 saturated heterocycles. The smallest absolute Gasteiger partial charge is 0.291 e. The molecule has 1 aromatic rings. The summed E-state index contributed by atoms with van der Waals surface area (Å²) in [7, 11) is 0. The number of hydrogen-bond acceptors (Lipinski definition) is 4. The van der Waals surface area contributed by atoms with Gasteiger partial charge in [0.1, 0.15) is 0 Å². The molecule has 0 saturated carbocycles. The van der Waals surface area contributed by atoms with E-state index in [4.69, 9.17) is 17.5 Å². The third-order valence-electron chi connectivity index (χ3n) is 1.57. The van der Waals surface area contributed by atoms with Crippen molar-refractivity contribution in [3.63, 3.8) is 0 Å². The maximum atomic E-state index is 5.37. The highest BCUT2D eigenvalue weighted by Gasteiger charge is 2.21. The van der Waals surface area contributed by atoms with E-state index in [-0.39, 0.29) is 0 Å². The minimum absolute atomic E-state index is 0.346. The molecule has 12 heavy (non-hydrogen) atoms. The molecular weight excluding hydrogens is 156 g/mol. The Bertz CT molecular complexity index is 257. The lowest BCUT2D eigenvalue weighted by atomic mass is 10.2. The fourth-order valence-electron chi connectivity index (χ4n) is 0.815. The number of nitrogens with two attached hydrogens (primary N) is 3. The Kier molecular flexibility index (Phi) is 2.16. The topological polar surface area (TPSA) is 107 Å². The summed E-state index contributed by atoms with van der Waals surface area (Å²) in [6.07, 6.45) is 1.68. The van der Waals surface area contributed by atoms with E-state index in [2.05, 4.69) is 9.97 Å². The van der Waals surface area contributed by atoms with Crippen LogP contribution in [0.5, 0.6) is 0 Å². The highest BCUT2D eigenvalue weighted by Crippen LogP contribution is 2.14. The van der Waals surface area contributed by atoms with E-state index < -0.39 is 4.81 Å². The first-order chi connectivity index (χ1) is 5.41. The van der Waals surface area contributed by atoms with Gasteiger partial charge in [-0.3, -0.25) is 4.98 Å². The second-order valence-electron chi connectivity index (χ2n) is 3.15. The van der Waals surface area contributed by atoms with Crippen molar-refractivity contribution < 1.29 is 0 Å². The Balaban J connectivity index is 2.92. The largest absolute Gasteiger partial charge is 0.366 e. The molecule has 0 radical (unpaired) electrons. The van der Waals surface area contributed by atoms with E-state index in [0.717, 1.165) is 5.69 Å². The van der Waals surface area contributed by atoms with Crippen LogP contribution >= 0.6 is 0 Å². The molecule has 1 heterocycles. The number of nitrogens with one attached hydrogen (secondary N) is 1. The number of hydrogen-bond donors (Lipinski definition) is 4. The normalized spacial score (nSPS) is 12.5. The number of H-pyrrole nitrogens is 1. The summed E-state index contributed by atoms with van der Waals surface area (Å²) >= 11 is 0. The quantitative estimate of drug-likeness (QED) is 0.272. The number of rotatable bonds is 2. The van der Waals surface area contributed by atoms with Gasteiger partial charge in [0.05, 0.1) is 6.20 Å². The van der Waals surface area contributed by atoms with Gasteiger partial charge in [-0.25, -0.2) is 0 Å². The number of imidazole rings is 1. The van der Waals surface area contributed by atoms with Crippen molar-refractivity contribution in [1.29, 1.82) is 0 Å². The van der Waals surface area contributed by atoms with Gasteiger partial charge < -0.3 is 0 Å². The van der Waals surface area contributed by atoms with Crippen molar-refractivity contribution in [2.75, 3.05) is 0 Å². The first-order valence-electron chi connectivity index (χ1n) is 3.71. The lowest BCUT2D eigenvalue weighted by Gasteiger charge is -2.14. The average molecular weight is 171 g/mol. The molecule has 0 aliphatic rings. The molecule has 0 fully saturated rings. The van der Waals surface area contributed by atoms with Gasteiger partial charge in [-0.1, -0.05) is 13.8 Å². The SMILES string of the molecule is CC(C)c1cnc([N+](N)(N)N)[nH]1. The van der Waals surface area contributed by atoms with Crippen LogP contribution in [-0.4, -0.2) is 9.97 Å². The Hall–Kier alpha value is -0.950. The highest BCUT2D eigenvalue weighted by atomic mass is 15.9. The molecule has 0 unspecified atom stereocenters. The van der Waals surface area contributed by atoms with Crippen molar-refractivity contribution in [2.24, 2.45) is 17.5 Å². The first kappa shape index (κ1) is 9.14. The van der Waals surface area contributed by atoms with Crippen molar-refractivity contribution in [2.45, 2.75) is 19.8 Å². The second kappa shape index (κ2) is 2.83. The molecule has 0 aromatic carbocycles. The molecule has 0 spiro atoms. The van der Waals surface area contributed by atoms with Gasteiger partial charge in [-0.2, -0.15) is 4.98 Å². The summed E-state index contributed by atoms with van der Waals surface area (Å²) in [5.74, 6) is 16.8. The van der Waals surface area contributed by atoms with E-state index in [1.165, 1.54) is 0 Å². The summed E-state index contributed by atoms with van der Waals surface area (Å²) in [5.41, 5.74) is 0.967. The minimum Gasteiger partial charge on any atom is -0.291 e. The van der Waals surface area contributed by atoms with Crippen molar-refractivity contribution in [1.82, 2.24) is 14.8 Å². The molecule has 0 bridgehead atoms. The van der Waals surface area contributed by atoms with Gasteiger partial charge >= 0.3 is 5.95 Å². The highest BCUT2D eigenvalue weighted by molar-refractivity contribution is 5.22. The van der Waals surface area contributed by atoms with Crippen LogP contribution in [0.1, 0.15) is 25.5 Å². The molecule has 7 N–H and O–H groups in total. The number of aromatic nitrogens is 2. The minimum atomic E-state index is -0.757. The Morgan fingerprint density at radius 3 is 2.25 bits per heavy atom. The van der Waals surface area contributed by atoms with E-state index in [9.17, 15) is 0 Å². The Morgan fingerprint density at radius 2 is 2.00 bits per heavy atom. The first-order valence-corrected chi connectivity index (χ1v) is 3.71. The monoisotopic (exact) mass is 171 g/mol. The molecule has 1 aromatic heterocycles. The van der Waals surface area contributed by atoms with E-state index >= 15 is 0 Å². The number of aromatic amines is 1. The maximum absolute atomic E-state index is 5.37. The maximum Gasteiger partial charge on any atom is 0.366 e. The number of quaternary nitrogens is 1. The third kappa shape index (κ3) is 1.80. The summed E-state index contributed by atoms with van der Waals surface area (Å²) < 4.78 is 0. The molecular formula is C6H15N6+. The predicted octanol–water partition coefficient (Wildman–Crippen LogP) is -0.538. The Labute approximate surface area is 70.9 Å². The lowest BCUT2D eigenvalue weighted by molar-refractivity contribution is 0.286. The molecule has 1 rings (SSSR count). The molecule has 0 aliphatic carbocycles. The molecule has 6 nitrogen and oxygen atoms in total. The zero-order chi connectivity index (χ0) is 9.35. The molecule has 68 valence electrons. The van der Waals surface area contributed by atoms with Crippen LogP contribution in [0, 0.1) is 0 Å². The summed E-state index contributed by atoms with van der Waals surface area (Å²) in [5, 5.41) is 0. The van der Waals surface area contributed by atoms with E-state index in [1.54, 1.807) is 6.20 Å². The zero-order valence-corrected chi connectivity index (χ0v) is 7.28. The molecule has 0 atom stereocenters. The van der Waals surface area contributed by atoms with Crippen molar-refractivity contribution >= 4 is 5.95 Å². The van der Waals surface area contributed by atoms with Gasteiger partial charge in [-0.15, -0.1) is 17.5 Å². The molecule has 0 aliphatic heterocycles. The fourth-order valence-corrected chi connectivity index (χ4v) is 0.815. The van der Waals surface area contributed by atoms with E-state index in [1.807, 2.05) is 13.8 Å². The summed E-state index contributed by atoms with van der Waals surface area (Å²) in [4.78, 5) is 6.13. The van der Waals surface area contributed by atoms with Crippen molar-refractivity contribution in [3.8, 4) is 0 Å². The van der Waals surface area contributed by atoms with Crippen LogP contribution in [0.15, 0.2) is 6.20 Å². The van der Waals surface area contributed by atoms with Gasteiger partial charge in [0.25, 0.3) is 0 Å². The standard InChI is InChI=1S/C6H15N6/c1-4(2)5-3-10-6(11-5)12(7,8)9/h3-4H,7-9H2,1-2H3,(H,10,11)/q+1. The second-order valence-corrected chi connectivity index (χ2v) is 3.15. The lowest BCUT2D eigenvalue weighted by Crippen LogP contribution is -2.68. The van der Waals surface area contributed by atoms with Crippen molar-refractivity contribution in [3.05, 3.63) is 11.9 Å². The van der Waals surface area contributed by atoms with Gasteiger partial charge in [0, 0.05) is 5.69 Å². The van der Waals surface area contributed by atoms with Gasteiger partial charge in [0.2, 0.25) is 0 Å². The van der Waals surface area contributed by atoms with Crippen LogP contribution < -0.4 is 22.3 Å². The summed E-state index contributed by atoms with van der Waals surface area (Å²) in [6.45, 7) is 4.07. The van der Waals surface area contributed by atoms with Crippen LogP contribution in [0.2, 0.25) is 0 Å². The zero-order valence-electron chi connectivity index (χ0n) is 7.28. The molecule has 0 amide bonds. The van der Waals surface area contributed by atoms with E-state index in [0.29, 0.717) is 11.9 Å². The predicted molar refractivity (Wildman–Crippen MR) is 47.0 cm³/mol. The van der Waals surface area contributed by atoms with Crippen LogP contribution in [0.25, 0.3) is 0 Å². The average Bonchev–Trinajstić information content (AvgIpc) is 2.30.